The van der Waals surface area contributed by atoms with Crippen molar-refractivity contribution in [3.05, 3.63) is 35.1 Å². The fraction of sp³-hybridized carbons (Fsp3) is 0.500. The molecule has 1 fully saturated rings. The van der Waals surface area contributed by atoms with Crippen molar-refractivity contribution in [3.63, 3.8) is 0 Å². The van der Waals surface area contributed by atoms with Crippen molar-refractivity contribution >= 4 is 16.2 Å². The monoisotopic (exact) mass is 398 g/mol. The van der Waals surface area contributed by atoms with Gasteiger partial charge in [0.25, 0.3) is 10.2 Å². The minimum atomic E-state index is -4.74. The van der Waals surface area contributed by atoms with Gasteiger partial charge < -0.3 is 10.2 Å². The molecule has 2 N–H and O–H groups in total. The molecule has 2 amide bonds. The van der Waals surface area contributed by atoms with Gasteiger partial charge in [0.15, 0.2) is 0 Å². The number of nitrogens with zero attached hydrogens (tertiary/aromatic N) is 2. The highest BCUT2D eigenvalue weighted by molar-refractivity contribution is 7.87. The summed E-state index contributed by atoms with van der Waals surface area (Å²) < 4.78 is 78.5. The standard InChI is InChI=1S/C14H18F4N4O3S/c1-19-26(24,25)22-6-4-21(5-7-22)13(23)20-9-10-2-3-11(15)8-12(10)14(16,17)18/h2-3,8,19H,4-7,9H2,1H3,(H,20,23). The Morgan fingerprint density at radius 1 is 1.19 bits per heavy atom. The molecular weight excluding hydrogens is 380 g/mol. The van der Waals surface area contributed by atoms with Crippen molar-refractivity contribution in [2.45, 2.75) is 12.7 Å². The Labute approximate surface area is 148 Å². The summed E-state index contributed by atoms with van der Waals surface area (Å²) in [6.45, 7) is -0.0878. The molecule has 0 radical (unpaired) electrons. The maximum atomic E-state index is 13.1. The lowest BCUT2D eigenvalue weighted by molar-refractivity contribution is -0.138. The number of halogens is 4. The van der Waals surface area contributed by atoms with Crippen LogP contribution in [0, 0.1) is 5.82 Å². The van der Waals surface area contributed by atoms with Crippen LogP contribution in [-0.4, -0.2) is 56.9 Å². The van der Waals surface area contributed by atoms with E-state index in [0.29, 0.717) is 6.07 Å². The lowest BCUT2D eigenvalue weighted by Crippen LogP contribution is -2.54. The summed E-state index contributed by atoms with van der Waals surface area (Å²) in [5.74, 6) is -1.02. The van der Waals surface area contributed by atoms with E-state index < -0.39 is 40.3 Å². The lowest BCUT2D eigenvalue weighted by atomic mass is 10.1. The van der Waals surface area contributed by atoms with Gasteiger partial charge in [-0.25, -0.2) is 13.9 Å². The van der Waals surface area contributed by atoms with E-state index in [-0.39, 0.29) is 31.7 Å². The van der Waals surface area contributed by atoms with Crippen LogP contribution in [0.5, 0.6) is 0 Å². The number of rotatable bonds is 4. The fourth-order valence-corrected chi connectivity index (χ4v) is 3.41. The van der Waals surface area contributed by atoms with E-state index in [4.69, 9.17) is 0 Å². The molecule has 1 aliphatic rings. The number of alkyl halides is 3. The molecule has 0 saturated carbocycles. The Hall–Kier alpha value is -1.92. The van der Waals surface area contributed by atoms with Crippen LogP contribution >= 0.6 is 0 Å². The average molecular weight is 398 g/mol. The van der Waals surface area contributed by atoms with E-state index in [1.165, 1.54) is 16.3 Å². The van der Waals surface area contributed by atoms with E-state index in [2.05, 4.69) is 10.0 Å². The highest BCUT2D eigenvalue weighted by Gasteiger charge is 2.34. The van der Waals surface area contributed by atoms with Gasteiger partial charge in [-0.3, -0.25) is 0 Å². The molecule has 1 aromatic carbocycles. The molecule has 26 heavy (non-hydrogen) atoms. The summed E-state index contributed by atoms with van der Waals surface area (Å²) in [7, 11) is -2.31. The lowest BCUT2D eigenvalue weighted by Gasteiger charge is -2.33. The van der Waals surface area contributed by atoms with Crippen molar-refractivity contribution in [3.8, 4) is 0 Å². The molecule has 0 aromatic heterocycles. The average Bonchev–Trinajstić information content (AvgIpc) is 2.59. The third kappa shape index (κ3) is 4.83. The van der Waals surface area contributed by atoms with Gasteiger partial charge >= 0.3 is 12.2 Å². The first kappa shape index (κ1) is 20.4. The predicted molar refractivity (Wildman–Crippen MR) is 84.8 cm³/mol. The number of hydrogen-bond acceptors (Lipinski definition) is 3. The van der Waals surface area contributed by atoms with Crippen LogP contribution in [0.3, 0.4) is 0 Å². The highest BCUT2D eigenvalue weighted by atomic mass is 32.2. The van der Waals surface area contributed by atoms with Gasteiger partial charge in [0.2, 0.25) is 0 Å². The molecule has 0 unspecified atom stereocenters. The van der Waals surface area contributed by atoms with Gasteiger partial charge in [-0.05, 0) is 17.7 Å². The quantitative estimate of drug-likeness (QED) is 0.747. The molecule has 7 nitrogen and oxygen atoms in total. The molecule has 1 heterocycles. The number of benzene rings is 1. The molecule has 1 aromatic rings. The molecule has 0 spiro atoms. The number of carbonyl (C=O) groups is 1. The Morgan fingerprint density at radius 3 is 2.35 bits per heavy atom. The first-order valence-electron chi connectivity index (χ1n) is 7.61. The number of hydrogen-bond donors (Lipinski definition) is 2. The fourth-order valence-electron chi connectivity index (χ4n) is 2.51. The summed E-state index contributed by atoms with van der Waals surface area (Å²) >= 11 is 0. The summed E-state index contributed by atoms with van der Waals surface area (Å²) in [5.41, 5.74) is -1.41. The van der Waals surface area contributed by atoms with Crippen LogP contribution in [-0.2, 0) is 22.9 Å². The van der Waals surface area contributed by atoms with Crippen molar-refractivity contribution in [1.82, 2.24) is 19.2 Å². The van der Waals surface area contributed by atoms with Gasteiger partial charge in [-0.15, -0.1) is 0 Å². The Bertz CT molecular complexity index is 762. The van der Waals surface area contributed by atoms with Crippen LogP contribution in [0.15, 0.2) is 18.2 Å². The number of amides is 2. The second-order valence-corrected chi connectivity index (χ2v) is 7.43. The number of carbonyl (C=O) groups excluding carboxylic acids is 1. The van der Waals surface area contributed by atoms with Crippen molar-refractivity contribution in [1.29, 1.82) is 0 Å². The number of piperazine rings is 1. The molecular formula is C14H18F4N4O3S. The minimum Gasteiger partial charge on any atom is -0.334 e. The van der Waals surface area contributed by atoms with Gasteiger partial charge in [0.05, 0.1) is 5.56 Å². The van der Waals surface area contributed by atoms with E-state index in [1.807, 2.05) is 0 Å². The zero-order valence-corrected chi connectivity index (χ0v) is 14.6. The topological polar surface area (TPSA) is 81.8 Å². The molecule has 12 heteroatoms. The Balaban J connectivity index is 1.97. The number of urea groups is 1. The SMILES string of the molecule is CNS(=O)(=O)N1CCN(C(=O)NCc2ccc(F)cc2C(F)(F)F)CC1. The van der Waals surface area contributed by atoms with E-state index in [9.17, 15) is 30.8 Å². The first-order valence-corrected chi connectivity index (χ1v) is 9.05. The predicted octanol–water partition coefficient (Wildman–Crippen LogP) is 1.14. The van der Waals surface area contributed by atoms with Crippen LogP contribution in [0.1, 0.15) is 11.1 Å². The molecule has 0 atom stereocenters. The van der Waals surface area contributed by atoms with E-state index in [1.54, 1.807) is 0 Å². The molecule has 2 rings (SSSR count). The summed E-state index contributed by atoms with van der Waals surface area (Å²) in [5, 5.41) is 2.35. The van der Waals surface area contributed by atoms with Crippen LogP contribution in [0.25, 0.3) is 0 Å². The number of nitrogens with one attached hydrogen (secondary N) is 2. The smallest absolute Gasteiger partial charge is 0.334 e. The third-order valence-electron chi connectivity index (χ3n) is 3.93. The zero-order chi connectivity index (χ0) is 19.5. The Morgan fingerprint density at radius 2 is 1.81 bits per heavy atom. The van der Waals surface area contributed by atoms with Gasteiger partial charge in [0.1, 0.15) is 5.82 Å². The summed E-state index contributed by atoms with van der Waals surface area (Å²) in [6, 6.07) is 1.61. The van der Waals surface area contributed by atoms with E-state index in [0.717, 1.165) is 12.1 Å². The van der Waals surface area contributed by atoms with Crippen molar-refractivity contribution in [2.75, 3.05) is 33.2 Å². The highest BCUT2D eigenvalue weighted by Crippen LogP contribution is 2.32. The normalized spacial score (nSPS) is 16.6. The second kappa shape index (κ2) is 7.76. The van der Waals surface area contributed by atoms with Crippen molar-refractivity contribution < 1.29 is 30.8 Å². The molecule has 0 aliphatic carbocycles. The van der Waals surface area contributed by atoms with Crippen LogP contribution in [0.2, 0.25) is 0 Å². The molecule has 0 bridgehead atoms. The van der Waals surface area contributed by atoms with E-state index >= 15 is 0 Å². The first-order chi connectivity index (χ1) is 12.0. The van der Waals surface area contributed by atoms with Crippen LogP contribution in [0.4, 0.5) is 22.4 Å². The second-order valence-electron chi connectivity index (χ2n) is 5.55. The largest absolute Gasteiger partial charge is 0.416 e. The third-order valence-corrected chi connectivity index (χ3v) is 5.49. The molecule has 146 valence electrons. The summed E-state index contributed by atoms with van der Waals surface area (Å²) in [6.07, 6.45) is -4.74. The van der Waals surface area contributed by atoms with Crippen molar-refractivity contribution in [2.24, 2.45) is 0 Å². The van der Waals surface area contributed by atoms with Gasteiger partial charge in [-0.2, -0.15) is 25.9 Å². The molecule has 1 saturated heterocycles. The van der Waals surface area contributed by atoms with Gasteiger partial charge in [-0.1, -0.05) is 6.07 Å². The minimum absolute atomic E-state index is 0.0704. The molecule has 1 aliphatic heterocycles. The zero-order valence-electron chi connectivity index (χ0n) is 13.8. The van der Waals surface area contributed by atoms with Crippen LogP contribution < -0.4 is 10.0 Å². The maximum absolute atomic E-state index is 13.1. The Kier molecular flexibility index (Phi) is 6.09. The summed E-state index contributed by atoms with van der Waals surface area (Å²) in [4.78, 5) is 13.4. The van der Waals surface area contributed by atoms with Gasteiger partial charge in [0, 0.05) is 39.8 Å². The maximum Gasteiger partial charge on any atom is 0.416 e.